The summed E-state index contributed by atoms with van der Waals surface area (Å²) in [5.41, 5.74) is 6.31. The van der Waals surface area contributed by atoms with Gasteiger partial charge in [-0.1, -0.05) is 25.1 Å². The van der Waals surface area contributed by atoms with Gasteiger partial charge in [0.2, 0.25) is 5.91 Å². The van der Waals surface area contributed by atoms with Gasteiger partial charge in [-0.25, -0.2) is 0 Å². The van der Waals surface area contributed by atoms with Crippen LogP contribution in [0.2, 0.25) is 0 Å². The Labute approximate surface area is 121 Å². The van der Waals surface area contributed by atoms with Crippen LogP contribution in [0.15, 0.2) is 30.3 Å². The molecule has 20 heavy (non-hydrogen) atoms. The summed E-state index contributed by atoms with van der Waals surface area (Å²) in [7, 11) is 0. The SMILES string of the molecule is CCCOc1ccccc1/C=C/C(=O)NCCCCN. The number of hydrogen-bond acceptors (Lipinski definition) is 3. The Morgan fingerprint density at radius 1 is 1.35 bits per heavy atom. The normalized spacial score (nSPS) is 10.7. The van der Waals surface area contributed by atoms with Gasteiger partial charge in [0.25, 0.3) is 0 Å². The molecule has 0 unspecified atom stereocenters. The van der Waals surface area contributed by atoms with Gasteiger partial charge in [-0.05, 0) is 37.9 Å². The van der Waals surface area contributed by atoms with Gasteiger partial charge in [-0.15, -0.1) is 0 Å². The summed E-state index contributed by atoms with van der Waals surface area (Å²) in [6, 6.07) is 7.70. The third-order valence-corrected chi connectivity index (χ3v) is 2.73. The number of carbonyl (C=O) groups is 1. The quantitative estimate of drug-likeness (QED) is 0.537. The Morgan fingerprint density at radius 2 is 2.15 bits per heavy atom. The van der Waals surface area contributed by atoms with Gasteiger partial charge in [0.1, 0.15) is 5.75 Å². The summed E-state index contributed by atoms with van der Waals surface area (Å²) < 4.78 is 5.63. The number of para-hydroxylation sites is 1. The van der Waals surface area contributed by atoms with Crippen molar-refractivity contribution in [1.29, 1.82) is 0 Å². The molecule has 4 heteroatoms. The number of nitrogens with one attached hydrogen (secondary N) is 1. The molecule has 4 nitrogen and oxygen atoms in total. The van der Waals surface area contributed by atoms with Crippen molar-refractivity contribution in [2.24, 2.45) is 5.73 Å². The predicted octanol–water partition coefficient (Wildman–Crippen LogP) is 2.34. The van der Waals surface area contributed by atoms with Crippen molar-refractivity contribution in [3.63, 3.8) is 0 Å². The summed E-state index contributed by atoms with van der Waals surface area (Å²) in [6.45, 7) is 4.06. The Balaban J connectivity index is 2.49. The average molecular weight is 276 g/mol. The van der Waals surface area contributed by atoms with Crippen LogP contribution in [-0.2, 0) is 4.79 Å². The van der Waals surface area contributed by atoms with Crippen LogP contribution in [0.25, 0.3) is 6.08 Å². The van der Waals surface area contributed by atoms with E-state index in [9.17, 15) is 4.79 Å². The second kappa shape index (κ2) is 10.0. The van der Waals surface area contributed by atoms with Gasteiger partial charge < -0.3 is 15.8 Å². The first-order valence-corrected chi connectivity index (χ1v) is 7.15. The van der Waals surface area contributed by atoms with Gasteiger partial charge >= 0.3 is 0 Å². The molecule has 0 spiro atoms. The molecule has 1 rings (SSSR count). The van der Waals surface area contributed by atoms with Crippen LogP contribution in [0.5, 0.6) is 5.75 Å². The standard InChI is InChI=1S/C16H24N2O2/c1-2-13-20-15-8-4-3-7-14(15)9-10-16(19)18-12-6-5-11-17/h3-4,7-10H,2,5-6,11-13,17H2,1H3,(H,18,19)/b10-9+. The van der Waals surface area contributed by atoms with Gasteiger partial charge in [0.15, 0.2) is 0 Å². The first-order chi connectivity index (χ1) is 9.77. The number of hydrogen-bond donors (Lipinski definition) is 2. The summed E-state index contributed by atoms with van der Waals surface area (Å²) >= 11 is 0. The van der Waals surface area contributed by atoms with Crippen LogP contribution >= 0.6 is 0 Å². The Morgan fingerprint density at radius 3 is 2.90 bits per heavy atom. The molecule has 0 fully saturated rings. The van der Waals surface area contributed by atoms with E-state index < -0.39 is 0 Å². The van der Waals surface area contributed by atoms with E-state index in [4.69, 9.17) is 10.5 Å². The average Bonchev–Trinajstić information content (AvgIpc) is 2.48. The highest BCUT2D eigenvalue weighted by Crippen LogP contribution is 2.19. The highest BCUT2D eigenvalue weighted by molar-refractivity contribution is 5.92. The van der Waals surface area contributed by atoms with E-state index in [1.807, 2.05) is 24.3 Å². The molecule has 0 aliphatic carbocycles. The molecule has 110 valence electrons. The molecule has 1 aromatic rings. The van der Waals surface area contributed by atoms with E-state index in [1.54, 1.807) is 6.08 Å². The Hall–Kier alpha value is -1.81. The third-order valence-electron chi connectivity index (χ3n) is 2.73. The zero-order valence-electron chi connectivity index (χ0n) is 12.1. The topological polar surface area (TPSA) is 64.3 Å². The number of amides is 1. The van der Waals surface area contributed by atoms with Crippen molar-refractivity contribution in [3.8, 4) is 5.75 Å². The van der Waals surface area contributed by atoms with E-state index in [2.05, 4.69) is 12.2 Å². The zero-order chi connectivity index (χ0) is 14.6. The molecular weight excluding hydrogens is 252 g/mol. The number of nitrogens with two attached hydrogens (primary N) is 1. The van der Waals surface area contributed by atoms with Crippen LogP contribution < -0.4 is 15.8 Å². The van der Waals surface area contributed by atoms with Crippen molar-refractivity contribution >= 4 is 12.0 Å². The van der Waals surface area contributed by atoms with Crippen molar-refractivity contribution < 1.29 is 9.53 Å². The Bertz CT molecular complexity index is 430. The van der Waals surface area contributed by atoms with Crippen molar-refractivity contribution in [2.45, 2.75) is 26.2 Å². The van der Waals surface area contributed by atoms with Crippen LogP contribution in [0.4, 0.5) is 0 Å². The lowest BCUT2D eigenvalue weighted by Gasteiger charge is -2.07. The minimum Gasteiger partial charge on any atom is -0.493 e. The minimum atomic E-state index is -0.0904. The number of unbranched alkanes of at least 4 members (excludes halogenated alkanes) is 1. The molecule has 0 heterocycles. The number of ether oxygens (including phenoxy) is 1. The second-order valence-electron chi connectivity index (χ2n) is 4.51. The highest BCUT2D eigenvalue weighted by atomic mass is 16.5. The molecule has 0 aliphatic heterocycles. The van der Waals surface area contributed by atoms with Gasteiger partial charge in [-0.2, -0.15) is 0 Å². The lowest BCUT2D eigenvalue weighted by Crippen LogP contribution is -2.22. The molecule has 0 aromatic heterocycles. The van der Waals surface area contributed by atoms with Gasteiger partial charge in [-0.3, -0.25) is 4.79 Å². The summed E-state index contributed by atoms with van der Waals surface area (Å²) in [5, 5.41) is 2.83. The second-order valence-corrected chi connectivity index (χ2v) is 4.51. The summed E-state index contributed by atoms with van der Waals surface area (Å²) in [5.74, 6) is 0.717. The third kappa shape index (κ3) is 6.38. The Kier molecular flexibility index (Phi) is 8.15. The maximum Gasteiger partial charge on any atom is 0.244 e. The van der Waals surface area contributed by atoms with E-state index in [0.717, 1.165) is 30.6 Å². The summed E-state index contributed by atoms with van der Waals surface area (Å²) in [6.07, 6.45) is 6.11. The molecule has 0 bridgehead atoms. The summed E-state index contributed by atoms with van der Waals surface area (Å²) in [4.78, 5) is 11.6. The van der Waals surface area contributed by atoms with Crippen molar-refractivity contribution in [3.05, 3.63) is 35.9 Å². The molecule has 1 amide bonds. The van der Waals surface area contributed by atoms with E-state index in [1.165, 1.54) is 6.08 Å². The first-order valence-electron chi connectivity index (χ1n) is 7.15. The fourth-order valence-electron chi connectivity index (χ4n) is 1.67. The van der Waals surface area contributed by atoms with Crippen LogP contribution in [-0.4, -0.2) is 25.6 Å². The number of carbonyl (C=O) groups excluding carboxylic acids is 1. The first kappa shape index (κ1) is 16.2. The van der Waals surface area contributed by atoms with Gasteiger partial charge in [0, 0.05) is 18.2 Å². The minimum absolute atomic E-state index is 0.0904. The molecule has 0 aliphatic rings. The maximum absolute atomic E-state index is 11.6. The molecular formula is C16H24N2O2. The molecule has 0 radical (unpaired) electrons. The number of benzene rings is 1. The maximum atomic E-state index is 11.6. The number of rotatable bonds is 9. The lowest BCUT2D eigenvalue weighted by atomic mass is 10.2. The monoisotopic (exact) mass is 276 g/mol. The van der Waals surface area contributed by atoms with Gasteiger partial charge in [0.05, 0.1) is 6.61 Å². The lowest BCUT2D eigenvalue weighted by molar-refractivity contribution is -0.116. The molecule has 3 N–H and O–H groups in total. The van der Waals surface area contributed by atoms with E-state index >= 15 is 0 Å². The molecule has 0 atom stereocenters. The fourth-order valence-corrected chi connectivity index (χ4v) is 1.67. The predicted molar refractivity (Wildman–Crippen MR) is 82.6 cm³/mol. The van der Waals surface area contributed by atoms with Crippen molar-refractivity contribution in [1.82, 2.24) is 5.32 Å². The fraction of sp³-hybridized carbons (Fsp3) is 0.438. The zero-order valence-corrected chi connectivity index (χ0v) is 12.1. The van der Waals surface area contributed by atoms with E-state index in [-0.39, 0.29) is 5.91 Å². The van der Waals surface area contributed by atoms with Crippen LogP contribution in [0.1, 0.15) is 31.7 Å². The smallest absolute Gasteiger partial charge is 0.244 e. The largest absolute Gasteiger partial charge is 0.493 e. The van der Waals surface area contributed by atoms with Crippen LogP contribution in [0.3, 0.4) is 0 Å². The van der Waals surface area contributed by atoms with Crippen LogP contribution in [0, 0.1) is 0 Å². The molecule has 1 aromatic carbocycles. The van der Waals surface area contributed by atoms with Crippen molar-refractivity contribution in [2.75, 3.05) is 19.7 Å². The highest BCUT2D eigenvalue weighted by Gasteiger charge is 2.00. The molecule has 0 saturated heterocycles. The molecule has 0 saturated carbocycles. The van der Waals surface area contributed by atoms with E-state index in [0.29, 0.717) is 19.7 Å².